The van der Waals surface area contributed by atoms with Gasteiger partial charge >= 0.3 is 7.12 Å². The van der Waals surface area contributed by atoms with Gasteiger partial charge in [0.2, 0.25) is 11.7 Å². The van der Waals surface area contributed by atoms with Crippen LogP contribution in [-0.4, -0.2) is 28.5 Å². The van der Waals surface area contributed by atoms with E-state index >= 15 is 0 Å². The van der Waals surface area contributed by atoms with Gasteiger partial charge in [-0.2, -0.15) is 4.98 Å². The van der Waals surface area contributed by atoms with E-state index < -0.39 is 18.3 Å². The molecule has 3 rings (SSSR count). The van der Waals surface area contributed by atoms with E-state index in [1.807, 2.05) is 27.7 Å². The molecule has 2 heterocycles. The number of aryl methyl sites for hydroxylation is 1. The minimum Gasteiger partial charge on any atom is -0.399 e. The highest BCUT2D eigenvalue weighted by Gasteiger charge is 2.52. The third kappa shape index (κ3) is 2.44. The maximum atomic E-state index is 13.7. The predicted molar refractivity (Wildman–Crippen MR) is 80.1 cm³/mol. The Labute approximate surface area is 129 Å². The SMILES string of the molecule is Cc1nc(-c2ccc(F)cc2B2OC(C)(C)C(C)(C)O2)no1. The second kappa shape index (κ2) is 4.89. The molecule has 1 saturated heterocycles. The second-order valence-electron chi connectivity index (χ2n) is 6.46. The van der Waals surface area contributed by atoms with E-state index in [4.69, 9.17) is 13.8 Å². The number of halogens is 1. The molecule has 7 heteroatoms. The fraction of sp³-hybridized carbons (Fsp3) is 0.467. The Hall–Kier alpha value is -1.73. The lowest BCUT2D eigenvalue weighted by Crippen LogP contribution is -2.41. The first-order valence-electron chi connectivity index (χ1n) is 7.15. The van der Waals surface area contributed by atoms with Crippen LogP contribution in [-0.2, 0) is 9.31 Å². The number of rotatable bonds is 2. The number of hydrogen-bond acceptors (Lipinski definition) is 5. The molecule has 0 bridgehead atoms. The Morgan fingerprint density at radius 2 is 1.73 bits per heavy atom. The summed E-state index contributed by atoms with van der Waals surface area (Å²) in [7, 11) is -0.686. The number of benzene rings is 1. The average molecular weight is 304 g/mol. The van der Waals surface area contributed by atoms with Crippen molar-refractivity contribution in [3.05, 3.63) is 29.9 Å². The molecule has 0 spiro atoms. The normalized spacial score (nSPS) is 19.6. The van der Waals surface area contributed by atoms with Gasteiger partial charge in [0.05, 0.1) is 11.2 Å². The van der Waals surface area contributed by atoms with E-state index in [0.29, 0.717) is 22.7 Å². The van der Waals surface area contributed by atoms with Crippen LogP contribution in [0.2, 0.25) is 0 Å². The Morgan fingerprint density at radius 3 is 2.27 bits per heavy atom. The summed E-state index contributed by atoms with van der Waals surface area (Å²) in [6.07, 6.45) is 0. The highest BCUT2D eigenvalue weighted by molar-refractivity contribution is 6.63. The van der Waals surface area contributed by atoms with E-state index in [0.717, 1.165) is 0 Å². The first-order chi connectivity index (χ1) is 10.2. The molecule has 5 nitrogen and oxygen atoms in total. The third-order valence-electron chi connectivity index (χ3n) is 4.29. The van der Waals surface area contributed by atoms with Crippen molar-refractivity contribution in [1.29, 1.82) is 0 Å². The molecular formula is C15H18BFN2O3. The van der Waals surface area contributed by atoms with Crippen molar-refractivity contribution in [2.75, 3.05) is 0 Å². The smallest absolute Gasteiger partial charge is 0.399 e. The molecule has 0 aliphatic carbocycles. The van der Waals surface area contributed by atoms with Gasteiger partial charge in [-0.3, -0.25) is 0 Å². The van der Waals surface area contributed by atoms with Gasteiger partial charge < -0.3 is 13.8 Å². The van der Waals surface area contributed by atoms with Gasteiger partial charge in [-0.05, 0) is 51.4 Å². The van der Waals surface area contributed by atoms with E-state index in [-0.39, 0.29) is 5.82 Å². The van der Waals surface area contributed by atoms with Crippen LogP contribution in [0.25, 0.3) is 11.4 Å². The minimum atomic E-state index is -0.686. The van der Waals surface area contributed by atoms with Gasteiger partial charge in [-0.25, -0.2) is 4.39 Å². The quantitative estimate of drug-likeness (QED) is 0.798. The van der Waals surface area contributed by atoms with Gasteiger partial charge in [0, 0.05) is 12.5 Å². The lowest BCUT2D eigenvalue weighted by Gasteiger charge is -2.32. The molecule has 2 aromatic rings. The van der Waals surface area contributed by atoms with Gasteiger partial charge in [0.25, 0.3) is 0 Å². The van der Waals surface area contributed by atoms with Crippen molar-refractivity contribution < 1.29 is 18.2 Å². The fourth-order valence-electron chi connectivity index (χ4n) is 2.31. The highest BCUT2D eigenvalue weighted by atomic mass is 19.1. The number of nitrogens with zero attached hydrogens (tertiary/aromatic N) is 2. The van der Waals surface area contributed by atoms with Crippen LogP contribution in [0, 0.1) is 12.7 Å². The van der Waals surface area contributed by atoms with Crippen LogP contribution in [0.5, 0.6) is 0 Å². The minimum absolute atomic E-state index is 0.367. The van der Waals surface area contributed by atoms with Crippen LogP contribution in [0.3, 0.4) is 0 Å². The molecule has 0 N–H and O–H groups in total. The Kier molecular flexibility index (Phi) is 3.38. The average Bonchev–Trinajstić information content (AvgIpc) is 2.91. The summed E-state index contributed by atoms with van der Waals surface area (Å²) >= 11 is 0. The Balaban J connectivity index is 2.06. The molecule has 1 aliphatic rings. The largest absolute Gasteiger partial charge is 0.495 e. The van der Waals surface area contributed by atoms with Gasteiger partial charge in [-0.15, -0.1) is 0 Å². The van der Waals surface area contributed by atoms with Crippen molar-refractivity contribution in [3.8, 4) is 11.4 Å². The molecule has 1 aliphatic heterocycles. The molecule has 1 fully saturated rings. The third-order valence-corrected chi connectivity index (χ3v) is 4.29. The summed E-state index contributed by atoms with van der Waals surface area (Å²) in [5, 5.41) is 3.90. The lowest BCUT2D eigenvalue weighted by atomic mass is 9.75. The van der Waals surface area contributed by atoms with Crippen LogP contribution >= 0.6 is 0 Å². The van der Waals surface area contributed by atoms with Gasteiger partial charge in [0.15, 0.2) is 0 Å². The Morgan fingerprint density at radius 1 is 1.09 bits per heavy atom. The molecule has 0 unspecified atom stereocenters. The van der Waals surface area contributed by atoms with Crippen LogP contribution < -0.4 is 5.46 Å². The number of hydrogen-bond donors (Lipinski definition) is 0. The van der Waals surface area contributed by atoms with Crippen LogP contribution in [0.1, 0.15) is 33.6 Å². The first kappa shape index (κ1) is 15.2. The zero-order valence-electron chi connectivity index (χ0n) is 13.3. The van der Waals surface area contributed by atoms with Crippen molar-refractivity contribution in [3.63, 3.8) is 0 Å². The van der Waals surface area contributed by atoms with E-state index in [1.165, 1.54) is 12.1 Å². The number of aromatic nitrogens is 2. The molecule has 0 atom stereocenters. The van der Waals surface area contributed by atoms with E-state index in [2.05, 4.69) is 10.1 Å². The molecular weight excluding hydrogens is 286 g/mol. The second-order valence-corrected chi connectivity index (χ2v) is 6.46. The summed E-state index contributed by atoms with van der Waals surface area (Å²) < 4.78 is 30.7. The zero-order chi connectivity index (χ0) is 16.1. The topological polar surface area (TPSA) is 57.4 Å². The Bertz CT molecular complexity index is 699. The first-order valence-corrected chi connectivity index (χ1v) is 7.15. The van der Waals surface area contributed by atoms with Crippen molar-refractivity contribution in [2.45, 2.75) is 45.8 Å². The van der Waals surface area contributed by atoms with Crippen molar-refractivity contribution in [2.24, 2.45) is 0 Å². The van der Waals surface area contributed by atoms with E-state index in [9.17, 15) is 4.39 Å². The highest BCUT2D eigenvalue weighted by Crippen LogP contribution is 2.37. The lowest BCUT2D eigenvalue weighted by molar-refractivity contribution is 0.00578. The van der Waals surface area contributed by atoms with E-state index in [1.54, 1.807) is 13.0 Å². The maximum Gasteiger partial charge on any atom is 0.495 e. The van der Waals surface area contributed by atoms with Crippen LogP contribution in [0.4, 0.5) is 4.39 Å². The summed E-state index contributed by atoms with van der Waals surface area (Å²) in [4.78, 5) is 4.20. The molecule has 22 heavy (non-hydrogen) atoms. The molecule has 1 aromatic heterocycles. The summed E-state index contributed by atoms with van der Waals surface area (Å²) in [5.74, 6) is 0.468. The zero-order valence-corrected chi connectivity index (χ0v) is 13.3. The molecule has 0 saturated carbocycles. The summed E-state index contributed by atoms with van der Waals surface area (Å²) in [5.41, 5.74) is 0.180. The van der Waals surface area contributed by atoms with Crippen LogP contribution in [0.15, 0.2) is 22.7 Å². The van der Waals surface area contributed by atoms with Crippen molar-refractivity contribution in [1.82, 2.24) is 10.1 Å². The van der Waals surface area contributed by atoms with Gasteiger partial charge in [-0.1, -0.05) is 5.16 Å². The van der Waals surface area contributed by atoms with Gasteiger partial charge in [0.1, 0.15) is 5.82 Å². The summed E-state index contributed by atoms with van der Waals surface area (Å²) in [6.45, 7) is 9.50. The fourth-order valence-corrected chi connectivity index (χ4v) is 2.31. The maximum absolute atomic E-state index is 13.7. The predicted octanol–water partition coefficient (Wildman–Crippen LogP) is 2.48. The molecule has 0 amide bonds. The standard InChI is InChI=1S/C15H18BFN2O3/c1-9-18-13(19-20-9)11-7-6-10(17)8-12(11)16-21-14(2,3)15(4,5)22-16/h6-8H,1-5H3. The van der Waals surface area contributed by atoms with Crippen molar-refractivity contribution >= 4 is 12.6 Å². The summed E-state index contributed by atoms with van der Waals surface area (Å²) in [6, 6.07) is 4.36. The molecule has 116 valence electrons. The molecule has 1 aromatic carbocycles. The monoisotopic (exact) mass is 304 g/mol. The molecule has 0 radical (unpaired) electrons.